The van der Waals surface area contributed by atoms with Gasteiger partial charge in [0.1, 0.15) is 17.8 Å². The third-order valence-corrected chi connectivity index (χ3v) is 8.36. The van der Waals surface area contributed by atoms with Gasteiger partial charge in [-0.25, -0.2) is 0 Å². The predicted molar refractivity (Wildman–Crippen MR) is 180 cm³/mol. The Balaban J connectivity index is 1.46. The first-order valence-corrected chi connectivity index (χ1v) is 16.9. The lowest BCUT2D eigenvalue weighted by molar-refractivity contribution is -0.147. The van der Waals surface area contributed by atoms with Crippen molar-refractivity contribution in [2.24, 2.45) is 0 Å². The molecule has 4 amide bonds. The third-order valence-electron chi connectivity index (χ3n) is 7.69. The summed E-state index contributed by atoms with van der Waals surface area (Å²) < 4.78 is 5.81. The Bertz CT molecular complexity index is 1510. The molecule has 1 aliphatic rings. The zero-order chi connectivity index (χ0) is 33.3. The Hall–Kier alpha value is -4.09. The molecular formula is C35H44N4O6S. The molecule has 0 aromatic heterocycles. The fourth-order valence-electron chi connectivity index (χ4n) is 5.54. The SMILES string of the molecule is CSC[C@H](NC(=O)COc1cccc2ccccc12)C(=O)N[C@@H](Cc1ccccc1)[C@H](O)C(=O)N1CCC[C@H]1C(=O)NC(C)(C)C. The van der Waals surface area contributed by atoms with Gasteiger partial charge in [-0.15, -0.1) is 0 Å². The summed E-state index contributed by atoms with van der Waals surface area (Å²) in [7, 11) is 0. The van der Waals surface area contributed by atoms with E-state index < -0.39 is 47.5 Å². The number of thioether (sulfide) groups is 1. The van der Waals surface area contributed by atoms with Gasteiger partial charge < -0.3 is 30.7 Å². The van der Waals surface area contributed by atoms with Gasteiger partial charge in [0.05, 0.1) is 6.04 Å². The number of likely N-dealkylation sites (tertiary alicyclic amines) is 1. The summed E-state index contributed by atoms with van der Waals surface area (Å²) in [5.41, 5.74) is 0.324. The average Bonchev–Trinajstić information content (AvgIpc) is 3.53. The molecule has 0 unspecified atom stereocenters. The Morgan fingerprint density at radius 1 is 0.978 bits per heavy atom. The minimum atomic E-state index is -1.62. The van der Waals surface area contributed by atoms with Gasteiger partial charge in [0.2, 0.25) is 11.8 Å². The summed E-state index contributed by atoms with van der Waals surface area (Å²) in [5.74, 6) is -1.11. The molecule has 4 rings (SSSR count). The fourth-order valence-corrected chi connectivity index (χ4v) is 6.11. The van der Waals surface area contributed by atoms with Crippen LogP contribution in [0.3, 0.4) is 0 Å². The molecule has 46 heavy (non-hydrogen) atoms. The molecule has 0 radical (unpaired) electrons. The van der Waals surface area contributed by atoms with Crippen molar-refractivity contribution in [2.45, 2.75) is 69.8 Å². The van der Waals surface area contributed by atoms with Crippen molar-refractivity contribution in [1.82, 2.24) is 20.9 Å². The lowest BCUT2D eigenvalue weighted by Gasteiger charge is -2.32. The van der Waals surface area contributed by atoms with Crippen LogP contribution >= 0.6 is 11.8 Å². The minimum absolute atomic E-state index is 0.163. The summed E-state index contributed by atoms with van der Waals surface area (Å²) in [6.45, 7) is 5.63. The number of ether oxygens (including phenoxy) is 1. The van der Waals surface area contributed by atoms with E-state index in [1.54, 1.807) is 6.07 Å². The van der Waals surface area contributed by atoms with Crippen LogP contribution in [0.2, 0.25) is 0 Å². The van der Waals surface area contributed by atoms with Crippen LogP contribution in [0.1, 0.15) is 39.2 Å². The molecule has 0 saturated carbocycles. The number of aliphatic hydroxyl groups is 1. The first kappa shape index (κ1) is 34.8. The number of rotatable bonds is 13. The molecule has 1 heterocycles. The van der Waals surface area contributed by atoms with Crippen molar-refractivity contribution < 1.29 is 29.0 Å². The fraction of sp³-hybridized carbons (Fsp3) is 0.429. The zero-order valence-electron chi connectivity index (χ0n) is 26.8. The number of nitrogens with one attached hydrogen (secondary N) is 3. The van der Waals surface area contributed by atoms with Crippen molar-refractivity contribution in [3.8, 4) is 5.75 Å². The standard InChI is InChI=1S/C35H44N4O6S/c1-35(2,3)38-33(43)28-17-11-19-39(28)34(44)31(41)26(20-23-12-6-5-7-13-23)37-32(42)27(22-46-4)36-30(40)21-45-29-18-10-15-24-14-8-9-16-25(24)29/h5-10,12-16,18,26-28,31,41H,11,17,19-22H2,1-4H3,(H,36,40)(H,37,42)(H,38,43)/t26-,27-,28-,31-/m0/s1. The lowest BCUT2D eigenvalue weighted by Crippen LogP contribution is -2.59. The van der Waals surface area contributed by atoms with Gasteiger partial charge in [-0.05, 0) is 63.3 Å². The molecular weight excluding hydrogens is 604 g/mol. The molecule has 0 bridgehead atoms. The molecule has 3 aromatic carbocycles. The number of carbonyl (C=O) groups is 4. The Morgan fingerprint density at radius 3 is 2.39 bits per heavy atom. The average molecular weight is 649 g/mol. The number of amides is 4. The largest absolute Gasteiger partial charge is 0.483 e. The number of hydrogen-bond acceptors (Lipinski definition) is 7. The number of fused-ring (bicyclic) bond motifs is 1. The molecule has 10 nitrogen and oxygen atoms in total. The van der Waals surface area contributed by atoms with Crippen LogP contribution in [0.25, 0.3) is 10.8 Å². The van der Waals surface area contributed by atoms with Crippen molar-refractivity contribution >= 4 is 46.2 Å². The third kappa shape index (κ3) is 9.46. The van der Waals surface area contributed by atoms with Gasteiger partial charge >= 0.3 is 0 Å². The molecule has 0 spiro atoms. The summed E-state index contributed by atoms with van der Waals surface area (Å²) >= 11 is 1.37. The van der Waals surface area contributed by atoms with E-state index >= 15 is 0 Å². The van der Waals surface area contributed by atoms with E-state index in [2.05, 4.69) is 16.0 Å². The van der Waals surface area contributed by atoms with E-state index in [-0.39, 0.29) is 24.7 Å². The van der Waals surface area contributed by atoms with Crippen molar-refractivity contribution in [3.63, 3.8) is 0 Å². The van der Waals surface area contributed by atoms with Crippen molar-refractivity contribution in [3.05, 3.63) is 78.4 Å². The van der Waals surface area contributed by atoms with E-state index in [0.717, 1.165) is 16.3 Å². The van der Waals surface area contributed by atoms with E-state index in [4.69, 9.17) is 4.74 Å². The van der Waals surface area contributed by atoms with Gasteiger partial charge in [-0.1, -0.05) is 66.7 Å². The maximum Gasteiger partial charge on any atom is 0.258 e. The first-order chi connectivity index (χ1) is 22.0. The van der Waals surface area contributed by atoms with Crippen LogP contribution < -0.4 is 20.7 Å². The van der Waals surface area contributed by atoms with Gasteiger partial charge in [0, 0.05) is 23.2 Å². The van der Waals surface area contributed by atoms with Gasteiger partial charge in [0.25, 0.3) is 11.8 Å². The molecule has 1 fully saturated rings. The molecule has 4 atom stereocenters. The molecule has 246 valence electrons. The predicted octanol–water partition coefficient (Wildman–Crippen LogP) is 3.06. The van der Waals surface area contributed by atoms with Crippen molar-refractivity contribution in [2.75, 3.05) is 25.2 Å². The van der Waals surface area contributed by atoms with E-state index in [9.17, 15) is 24.3 Å². The van der Waals surface area contributed by atoms with Gasteiger partial charge in [-0.3, -0.25) is 19.2 Å². The second-order valence-electron chi connectivity index (χ2n) is 12.5. The number of nitrogens with zero attached hydrogens (tertiary/aromatic N) is 1. The highest BCUT2D eigenvalue weighted by Crippen LogP contribution is 2.25. The highest BCUT2D eigenvalue weighted by atomic mass is 32.2. The number of aliphatic hydroxyl groups excluding tert-OH is 1. The second kappa shape index (κ2) is 16.0. The zero-order valence-corrected chi connectivity index (χ0v) is 27.6. The van der Waals surface area contributed by atoms with Crippen LogP contribution in [0.4, 0.5) is 0 Å². The Labute approximate surface area is 274 Å². The first-order valence-electron chi connectivity index (χ1n) is 15.5. The summed E-state index contributed by atoms with van der Waals surface area (Å²) in [6, 6.07) is 19.8. The Morgan fingerprint density at radius 2 is 1.67 bits per heavy atom. The normalized spacial score (nSPS) is 16.7. The van der Waals surface area contributed by atoms with E-state index in [0.29, 0.717) is 25.1 Å². The minimum Gasteiger partial charge on any atom is -0.483 e. The maximum atomic E-state index is 13.7. The van der Waals surface area contributed by atoms with Crippen LogP contribution in [0, 0.1) is 0 Å². The monoisotopic (exact) mass is 648 g/mol. The maximum absolute atomic E-state index is 13.7. The molecule has 0 aliphatic carbocycles. The number of benzene rings is 3. The smallest absolute Gasteiger partial charge is 0.258 e. The number of carbonyl (C=O) groups excluding carboxylic acids is 4. The van der Waals surface area contributed by atoms with Gasteiger partial charge in [0.15, 0.2) is 12.7 Å². The summed E-state index contributed by atoms with van der Waals surface area (Å²) in [4.78, 5) is 54.7. The Kier molecular flexibility index (Phi) is 12.1. The molecule has 1 saturated heterocycles. The van der Waals surface area contributed by atoms with Crippen LogP contribution in [-0.4, -0.2) is 88.6 Å². The highest BCUT2D eigenvalue weighted by Gasteiger charge is 2.40. The van der Waals surface area contributed by atoms with Gasteiger partial charge in [-0.2, -0.15) is 11.8 Å². The second-order valence-corrected chi connectivity index (χ2v) is 13.4. The topological polar surface area (TPSA) is 137 Å². The van der Waals surface area contributed by atoms with Crippen molar-refractivity contribution in [1.29, 1.82) is 0 Å². The van der Waals surface area contributed by atoms with E-state index in [1.807, 2.05) is 93.8 Å². The summed E-state index contributed by atoms with van der Waals surface area (Å²) in [5, 5.41) is 21.8. The lowest BCUT2D eigenvalue weighted by atomic mass is 9.99. The molecule has 3 aromatic rings. The van der Waals surface area contributed by atoms with E-state index in [1.165, 1.54) is 16.7 Å². The van der Waals surface area contributed by atoms with Crippen LogP contribution in [0.15, 0.2) is 72.8 Å². The van der Waals surface area contributed by atoms with Crippen LogP contribution in [0.5, 0.6) is 5.75 Å². The summed E-state index contributed by atoms with van der Waals surface area (Å²) in [6.07, 6.45) is 1.47. The van der Waals surface area contributed by atoms with Crippen LogP contribution in [-0.2, 0) is 25.6 Å². The number of hydrogen-bond donors (Lipinski definition) is 4. The molecule has 4 N–H and O–H groups in total. The molecule has 11 heteroatoms. The quantitative estimate of drug-likeness (QED) is 0.224. The highest BCUT2D eigenvalue weighted by molar-refractivity contribution is 7.98. The molecule has 1 aliphatic heterocycles.